The first-order chi connectivity index (χ1) is 19.2. The highest BCUT2D eigenvalue weighted by Gasteiger charge is 2.66. The molecule has 7 nitrogen and oxygen atoms in total. The molecular formula is C32H36N2O5Si. The fourth-order valence-corrected chi connectivity index (χ4v) is 11.3. The van der Waals surface area contributed by atoms with Gasteiger partial charge in [-0.2, -0.15) is 0 Å². The molecule has 2 saturated heterocycles. The lowest BCUT2D eigenvalue weighted by molar-refractivity contribution is -0.145. The summed E-state index contributed by atoms with van der Waals surface area (Å²) in [7, 11) is -0.598. The van der Waals surface area contributed by atoms with Crippen LogP contribution in [0.5, 0.6) is 5.75 Å². The highest BCUT2D eigenvalue weighted by molar-refractivity contribution is 6.91. The smallest absolute Gasteiger partial charge is 0.268 e. The van der Waals surface area contributed by atoms with Gasteiger partial charge in [-0.15, -0.1) is 0 Å². The third-order valence-corrected chi connectivity index (χ3v) is 13.7. The summed E-state index contributed by atoms with van der Waals surface area (Å²) >= 11 is 0. The van der Waals surface area contributed by atoms with Gasteiger partial charge in [-0.3, -0.25) is 14.5 Å². The Morgan fingerprint density at radius 1 is 1.02 bits per heavy atom. The van der Waals surface area contributed by atoms with Crippen LogP contribution in [-0.4, -0.2) is 51.4 Å². The van der Waals surface area contributed by atoms with Crippen LogP contribution in [0.4, 0.5) is 17.1 Å². The number of anilines is 3. The third-order valence-electron chi connectivity index (χ3n) is 9.32. The number of para-hydroxylation sites is 1. The lowest BCUT2D eigenvalue weighted by Gasteiger charge is -2.37. The van der Waals surface area contributed by atoms with Crippen LogP contribution in [0.3, 0.4) is 0 Å². The van der Waals surface area contributed by atoms with Gasteiger partial charge in [0.25, 0.3) is 5.91 Å². The molecule has 3 aliphatic rings. The monoisotopic (exact) mass is 556 g/mol. The second-order valence-corrected chi connectivity index (χ2v) is 16.3. The van der Waals surface area contributed by atoms with Gasteiger partial charge in [0.2, 0.25) is 5.91 Å². The maximum absolute atomic E-state index is 14.7. The zero-order chi connectivity index (χ0) is 28.2. The van der Waals surface area contributed by atoms with Crippen molar-refractivity contribution in [3.63, 3.8) is 0 Å². The van der Waals surface area contributed by atoms with Crippen LogP contribution in [0.2, 0.25) is 18.6 Å². The maximum atomic E-state index is 14.7. The second-order valence-electron chi connectivity index (χ2n) is 11.6. The number of aliphatic hydroxyl groups is 1. The van der Waals surface area contributed by atoms with Gasteiger partial charge in [0, 0.05) is 42.4 Å². The standard InChI is InChI=1S/C32H36N2O5Si/c1-21-30(40(3,4)25-13-11-24(38-2)12-14-25)28(17-19-35)39-32(21)26-20-23(33-18-16-29(33)36)10-15-27(26)34(31(32)37)22-8-6-5-7-9-22/h5-15,20-21,28,30,35H,16-19H2,1-4H3/t21-,28+,30-,32+/m1/s1. The number of benzene rings is 3. The fourth-order valence-electron chi connectivity index (χ4n) is 7.21. The first kappa shape index (κ1) is 26.7. The molecule has 0 unspecified atom stereocenters. The summed E-state index contributed by atoms with van der Waals surface area (Å²) in [5.41, 5.74) is 1.98. The van der Waals surface area contributed by atoms with Crippen molar-refractivity contribution in [3.05, 3.63) is 78.4 Å². The Hall–Kier alpha value is -3.46. The van der Waals surface area contributed by atoms with Crippen LogP contribution in [0.15, 0.2) is 72.8 Å². The molecule has 0 aromatic heterocycles. The minimum Gasteiger partial charge on any atom is -0.497 e. The van der Waals surface area contributed by atoms with Crippen LogP contribution >= 0.6 is 0 Å². The molecule has 3 aromatic rings. The van der Waals surface area contributed by atoms with Gasteiger partial charge in [-0.05, 0) is 54.4 Å². The average Bonchev–Trinajstić information content (AvgIpc) is 3.39. The molecule has 8 heteroatoms. The van der Waals surface area contributed by atoms with Gasteiger partial charge in [-0.1, -0.05) is 55.5 Å². The minimum absolute atomic E-state index is 0.0250. The summed E-state index contributed by atoms with van der Waals surface area (Å²) in [6.45, 7) is 7.44. The van der Waals surface area contributed by atoms with E-state index < -0.39 is 13.7 Å². The minimum atomic E-state index is -2.26. The van der Waals surface area contributed by atoms with E-state index in [2.05, 4.69) is 32.2 Å². The van der Waals surface area contributed by atoms with Crippen molar-refractivity contribution in [2.45, 2.75) is 50.1 Å². The number of rotatable bonds is 7. The van der Waals surface area contributed by atoms with Crippen LogP contribution < -0.4 is 19.7 Å². The second kappa shape index (κ2) is 9.87. The summed E-state index contributed by atoms with van der Waals surface area (Å²) in [6.07, 6.45) is 0.680. The van der Waals surface area contributed by atoms with Crippen LogP contribution in [-0.2, 0) is 19.9 Å². The van der Waals surface area contributed by atoms with E-state index in [0.717, 1.165) is 28.4 Å². The number of amides is 2. The molecule has 0 saturated carbocycles. The van der Waals surface area contributed by atoms with E-state index in [-0.39, 0.29) is 36.0 Å². The van der Waals surface area contributed by atoms with Crippen molar-refractivity contribution in [3.8, 4) is 5.75 Å². The van der Waals surface area contributed by atoms with Crippen molar-refractivity contribution >= 4 is 42.1 Å². The van der Waals surface area contributed by atoms with Gasteiger partial charge in [0.05, 0.1) is 27.0 Å². The highest BCUT2D eigenvalue weighted by atomic mass is 28.3. The number of methoxy groups -OCH3 is 1. The largest absolute Gasteiger partial charge is 0.497 e. The first-order valence-electron chi connectivity index (χ1n) is 14.0. The van der Waals surface area contributed by atoms with Gasteiger partial charge in [-0.25, -0.2) is 0 Å². The van der Waals surface area contributed by atoms with Gasteiger partial charge in [0.1, 0.15) is 5.75 Å². The molecular weight excluding hydrogens is 520 g/mol. The Bertz CT molecular complexity index is 1440. The number of hydrogen-bond acceptors (Lipinski definition) is 5. The van der Waals surface area contributed by atoms with E-state index in [1.54, 1.807) is 16.9 Å². The fraction of sp³-hybridized carbons (Fsp3) is 0.375. The normalized spacial score (nSPS) is 25.9. The molecule has 0 bridgehead atoms. The molecule has 1 N–H and O–H groups in total. The number of ether oxygens (including phenoxy) is 2. The van der Waals surface area contributed by atoms with Gasteiger partial charge < -0.3 is 19.5 Å². The quantitative estimate of drug-likeness (QED) is 0.337. The van der Waals surface area contributed by atoms with E-state index in [9.17, 15) is 14.7 Å². The zero-order valence-electron chi connectivity index (χ0n) is 23.5. The van der Waals surface area contributed by atoms with Crippen molar-refractivity contribution in [2.24, 2.45) is 5.92 Å². The van der Waals surface area contributed by atoms with Crippen molar-refractivity contribution in [1.29, 1.82) is 0 Å². The Kier molecular flexibility index (Phi) is 6.60. The third kappa shape index (κ3) is 3.84. The Balaban J connectivity index is 1.51. The number of aliphatic hydroxyl groups excluding tert-OH is 1. The molecule has 2 amide bonds. The van der Waals surface area contributed by atoms with E-state index in [1.807, 2.05) is 60.7 Å². The van der Waals surface area contributed by atoms with Crippen LogP contribution in [0.1, 0.15) is 25.3 Å². The molecule has 0 aliphatic carbocycles. The molecule has 3 heterocycles. The summed E-state index contributed by atoms with van der Waals surface area (Å²) in [5, 5.41) is 11.4. The predicted octanol–water partition coefficient (Wildman–Crippen LogP) is 4.71. The van der Waals surface area contributed by atoms with Gasteiger partial charge in [0.15, 0.2) is 5.60 Å². The number of carbonyl (C=O) groups is 2. The number of fused-ring (bicyclic) bond motifs is 2. The Morgan fingerprint density at radius 2 is 1.75 bits per heavy atom. The molecule has 3 aliphatic heterocycles. The molecule has 2 fully saturated rings. The van der Waals surface area contributed by atoms with Gasteiger partial charge >= 0.3 is 0 Å². The Labute approximate surface area is 236 Å². The average molecular weight is 557 g/mol. The number of β-lactam (4-membered cyclic amide) rings is 1. The summed E-state index contributed by atoms with van der Waals surface area (Å²) in [4.78, 5) is 30.6. The van der Waals surface area contributed by atoms with E-state index in [0.29, 0.717) is 19.4 Å². The maximum Gasteiger partial charge on any atom is 0.268 e. The number of hydrogen-bond donors (Lipinski definition) is 1. The molecule has 3 aromatic carbocycles. The van der Waals surface area contributed by atoms with E-state index in [1.165, 1.54) is 5.19 Å². The number of carbonyl (C=O) groups excluding carboxylic acids is 2. The SMILES string of the molecule is COc1ccc([Si](C)(C)[C@H]2[C@H](CCO)O[C@@]3(C(=O)N(c4ccccc4)c4ccc(N5CCC5=O)cc43)[C@@H]2C)cc1. The molecule has 0 radical (unpaired) electrons. The molecule has 4 atom stereocenters. The molecule has 1 spiro atoms. The summed E-state index contributed by atoms with van der Waals surface area (Å²) in [6, 6.07) is 23.8. The van der Waals surface area contributed by atoms with E-state index in [4.69, 9.17) is 9.47 Å². The lowest BCUT2D eigenvalue weighted by atomic mass is 9.82. The van der Waals surface area contributed by atoms with Crippen LogP contribution in [0.25, 0.3) is 0 Å². The lowest BCUT2D eigenvalue weighted by Crippen LogP contribution is -2.51. The summed E-state index contributed by atoms with van der Waals surface area (Å²) < 4.78 is 12.4. The first-order valence-corrected chi connectivity index (χ1v) is 17.1. The van der Waals surface area contributed by atoms with E-state index >= 15 is 0 Å². The Morgan fingerprint density at radius 3 is 2.35 bits per heavy atom. The highest BCUT2D eigenvalue weighted by Crippen LogP contribution is 2.61. The topological polar surface area (TPSA) is 79.3 Å². The molecule has 40 heavy (non-hydrogen) atoms. The number of nitrogens with zero attached hydrogens (tertiary/aromatic N) is 2. The molecule has 208 valence electrons. The van der Waals surface area contributed by atoms with Crippen molar-refractivity contribution in [2.75, 3.05) is 30.1 Å². The van der Waals surface area contributed by atoms with Crippen molar-refractivity contribution < 1.29 is 24.2 Å². The van der Waals surface area contributed by atoms with Crippen LogP contribution in [0, 0.1) is 5.92 Å². The summed E-state index contributed by atoms with van der Waals surface area (Å²) in [5.74, 6) is 0.607. The predicted molar refractivity (Wildman–Crippen MR) is 158 cm³/mol. The molecule has 6 rings (SSSR count). The zero-order valence-corrected chi connectivity index (χ0v) is 24.5. The van der Waals surface area contributed by atoms with Crippen molar-refractivity contribution in [1.82, 2.24) is 0 Å².